The van der Waals surface area contributed by atoms with Gasteiger partial charge in [-0.05, 0) is 99.2 Å². The third-order valence-electron chi connectivity index (χ3n) is 8.14. The Morgan fingerprint density at radius 3 is 2.66 bits per heavy atom. The van der Waals surface area contributed by atoms with Crippen molar-refractivity contribution in [3.8, 4) is 0 Å². The summed E-state index contributed by atoms with van der Waals surface area (Å²) in [7, 11) is 5.57. The maximum atomic E-state index is 14.5. The minimum atomic E-state index is -0.566. The summed E-state index contributed by atoms with van der Waals surface area (Å²) in [6.45, 7) is 1.44. The molecule has 2 amide bonds. The lowest BCUT2D eigenvalue weighted by atomic mass is 9.91. The molecule has 3 fully saturated rings. The summed E-state index contributed by atoms with van der Waals surface area (Å²) in [5.41, 5.74) is 2.71. The molecule has 2 atom stereocenters. The van der Waals surface area contributed by atoms with Crippen LogP contribution in [0.4, 0.5) is 4.39 Å². The van der Waals surface area contributed by atoms with E-state index in [-0.39, 0.29) is 24.2 Å². The van der Waals surface area contributed by atoms with Crippen LogP contribution in [-0.2, 0) is 16.1 Å². The highest BCUT2D eigenvalue weighted by Gasteiger charge is 2.55. The van der Waals surface area contributed by atoms with Gasteiger partial charge in [-0.25, -0.2) is 4.39 Å². The largest absolute Gasteiger partial charge is 0.388 e. The predicted octanol–water partition coefficient (Wildman–Crippen LogP) is 2.07. The smallest absolute Gasteiger partial charge is 0.247 e. The Hall–Kier alpha value is -3.17. The Morgan fingerprint density at radius 2 is 1.97 bits per heavy atom. The van der Waals surface area contributed by atoms with Crippen molar-refractivity contribution in [2.75, 3.05) is 34.2 Å². The lowest BCUT2D eigenvalue weighted by Gasteiger charge is -2.31. The predicted molar refractivity (Wildman–Crippen MR) is 146 cm³/mol. The van der Waals surface area contributed by atoms with Crippen LogP contribution in [0.3, 0.4) is 0 Å². The Bertz CT molecular complexity index is 1170. The van der Waals surface area contributed by atoms with E-state index in [9.17, 15) is 14.0 Å². The monoisotopic (exact) mass is 522 g/mol. The molecule has 5 rings (SSSR count). The molecular formula is C29H39FN6O2. The molecule has 2 aliphatic carbocycles. The number of rotatable bonds is 11. The van der Waals surface area contributed by atoms with Crippen LogP contribution in [0, 0.1) is 11.7 Å². The molecule has 1 unspecified atom stereocenters. The van der Waals surface area contributed by atoms with E-state index in [2.05, 4.69) is 21.3 Å². The van der Waals surface area contributed by atoms with Gasteiger partial charge in [-0.3, -0.25) is 9.59 Å². The summed E-state index contributed by atoms with van der Waals surface area (Å²) < 4.78 is 14.5. The maximum absolute atomic E-state index is 14.5. The number of nitrogens with zero attached hydrogens (tertiary/aromatic N) is 2. The zero-order valence-corrected chi connectivity index (χ0v) is 22.5. The molecule has 4 N–H and O–H groups in total. The summed E-state index contributed by atoms with van der Waals surface area (Å²) in [6, 6.07) is 4.85. The Labute approximate surface area is 224 Å². The lowest BCUT2D eigenvalue weighted by molar-refractivity contribution is -0.132. The Kier molecular flexibility index (Phi) is 7.59. The second-order valence-corrected chi connectivity index (χ2v) is 10.9. The van der Waals surface area contributed by atoms with Gasteiger partial charge in [-0.15, -0.1) is 0 Å². The molecule has 4 aliphatic rings. The van der Waals surface area contributed by atoms with Gasteiger partial charge in [0.05, 0.1) is 0 Å². The number of likely N-dealkylation sites (N-methyl/N-ethyl adjacent to an activating group) is 3. The first-order valence-electron chi connectivity index (χ1n) is 13.6. The summed E-state index contributed by atoms with van der Waals surface area (Å²) >= 11 is 0. The fourth-order valence-corrected chi connectivity index (χ4v) is 5.56. The molecule has 38 heavy (non-hydrogen) atoms. The summed E-state index contributed by atoms with van der Waals surface area (Å²) in [6.07, 6.45) is 12.8. The van der Waals surface area contributed by atoms with E-state index in [1.54, 1.807) is 0 Å². The third-order valence-corrected chi connectivity index (χ3v) is 8.14. The summed E-state index contributed by atoms with van der Waals surface area (Å²) in [5.74, 6) is -0.0494. The number of likely N-dealkylation sites (tertiary alicyclic amines) is 1. The number of carbonyl (C=O) groups excluding carboxylic acids is 2. The van der Waals surface area contributed by atoms with Crippen molar-refractivity contribution in [2.45, 2.75) is 56.3 Å². The van der Waals surface area contributed by atoms with Gasteiger partial charge in [0, 0.05) is 50.8 Å². The molecule has 0 aromatic heterocycles. The molecule has 8 nitrogen and oxygen atoms in total. The molecule has 1 aromatic rings. The summed E-state index contributed by atoms with van der Waals surface area (Å²) in [5, 5.41) is 12.8. The van der Waals surface area contributed by atoms with Crippen molar-refractivity contribution in [1.29, 1.82) is 0 Å². The second kappa shape index (κ2) is 10.9. The SMILES string of the molecule is CNC/C(=C\NC1CC1)c1cc(F)cc(CNC(=O)C2C=C(N3CC[C@@](NC)(C4CC4)C3=O)C=CN2C)c1. The number of allylic oxidation sites excluding steroid dienone is 1. The van der Waals surface area contributed by atoms with Gasteiger partial charge in [0.2, 0.25) is 11.8 Å². The average Bonchev–Trinajstić information content (AvgIpc) is 3.84. The molecule has 1 aromatic carbocycles. The normalized spacial score (nSPS) is 25.6. The third kappa shape index (κ3) is 5.49. The van der Waals surface area contributed by atoms with Crippen LogP contribution in [0.25, 0.3) is 5.57 Å². The molecule has 2 aliphatic heterocycles. The van der Waals surface area contributed by atoms with Crippen LogP contribution in [0.2, 0.25) is 0 Å². The lowest BCUT2D eigenvalue weighted by Crippen LogP contribution is -2.52. The molecule has 0 bridgehead atoms. The highest BCUT2D eigenvalue weighted by atomic mass is 19.1. The summed E-state index contributed by atoms with van der Waals surface area (Å²) in [4.78, 5) is 30.3. The molecule has 0 spiro atoms. The van der Waals surface area contributed by atoms with Gasteiger partial charge < -0.3 is 31.1 Å². The minimum Gasteiger partial charge on any atom is -0.388 e. The van der Waals surface area contributed by atoms with Crippen molar-refractivity contribution in [3.63, 3.8) is 0 Å². The van der Waals surface area contributed by atoms with E-state index in [4.69, 9.17) is 0 Å². The van der Waals surface area contributed by atoms with Gasteiger partial charge in [-0.1, -0.05) is 0 Å². The van der Waals surface area contributed by atoms with Crippen LogP contribution < -0.4 is 21.3 Å². The standard InChI is InChI=1S/C29H39FN6O2/c1-31-17-21(18-33-24-6-7-24)20-12-19(13-23(30)14-20)16-34-27(37)26-15-25(8-10-35(26)3)36-11-9-29(32-2,28(36)38)22-4-5-22/h8,10,12-15,18,22,24,26,31-33H,4-7,9,11,16-17H2,1-3H3,(H,34,37)/b21-18+/t26?,29-/m1/s1. The molecular weight excluding hydrogens is 483 g/mol. The van der Waals surface area contributed by atoms with Gasteiger partial charge in [0.25, 0.3) is 0 Å². The van der Waals surface area contributed by atoms with E-state index in [0.29, 0.717) is 30.6 Å². The van der Waals surface area contributed by atoms with Crippen LogP contribution in [0.5, 0.6) is 0 Å². The Morgan fingerprint density at radius 1 is 1.18 bits per heavy atom. The van der Waals surface area contributed by atoms with Crippen molar-refractivity contribution >= 4 is 17.4 Å². The average molecular weight is 523 g/mol. The first kappa shape index (κ1) is 26.4. The van der Waals surface area contributed by atoms with Gasteiger partial charge in [0.15, 0.2) is 0 Å². The molecule has 1 saturated heterocycles. The van der Waals surface area contributed by atoms with Crippen molar-refractivity contribution in [2.24, 2.45) is 5.92 Å². The number of hydrogen-bond acceptors (Lipinski definition) is 6. The second-order valence-electron chi connectivity index (χ2n) is 10.9. The molecule has 204 valence electrons. The highest BCUT2D eigenvalue weighted by Crippen LogP contribution is 2.46. The maximum Gasteiger partial charge on any atom is 0.247 e. The first-order chi connectivity index (χ1) is 18.3. The van der Waals surface area contributed by atoms with Crippen LogP contribution in [0.15, 0.2) is 48.4 Å². The number of carbonyl (C=O) groups is 2. The first-order valence-corrected chi connectivity index (χ1v) is 13.6. The number of hydrogen-bond donors (Lipinski definition) is 4. The van der Waals surface area contributed by atoms with E-state index < -0.39 is 11.6 Å². The quantitative estimate of drug-likeness (QED) is 0.356. The zero-order chi connectivity index (χ0) is 26.9. The van der Waals surface area contributed by atoms with Gasteiger partial charge >= 0.3 is 0 Å². The number of benzene rings is 1. The minimum absolute atomic E-state index is 0.0935. The number of nitrogens with one attached hydrogen (secondary N) is 4. The van der Waals surface area contributed by atoms with Crippen molar-refractivity contribution in [1.82, 2.24) is 31.1 Å². The van der Waals surface area contributed by atoms with Gasteiger partial charge in [-0.2, -0.15) is 0 Å². The van der Waals surface area contributed by atoms with E-state index in [1.165, 1.54) is 12.1 Å². The van der Waals surface area contributed by atoms with E-state index in [1.807, 2.05) is 61.6 Å². The van der Waals surface area contributed by atoms with E-state index in [0.717, 1.165) is 48.9 Å². The fourth-order valence-electron chi connectivity index (χ4n) is 5.56. The molecule has 2 saturated carbocycles. The topological polar surface area (TPSA) is 88.7 Å². The number of halogens is 1. The van der Waals surface area contributed by atoms with Crippen molar-refractivity contribution < 1.29 is 14.0 Å². The van der Waals surface area contributed by atoms with Crippen molar-refractivity contribution in [3.05, 3.63) is 65.4 Å². The fraction of sp³-hybridized carbons (Fsp3) is 0.517. The molecule has 0 radical (unpaired) electrons. The van der Waals surface area contributed by atoms with E-state index >= 15 is 0 Å². The van der Waals surface area contributed by atoms with Crippen LogP contribution in [0.1, 0.15) is 43.2 Å². The zero-order valence-electron chi connectivity index (χ0n) is 22.5. The molecule has 2 heterocycles. The molecule has 9 heteroatoms. The van der Waals surface area contributed by atoms with Crippen LogP contribution >= 0.6 is 0 Å². The highest BCUT2D eigenvalue weighted by molar-refractivity contribution is 5.92. The Balaban J connectivity index is 1.26. The number of amides is 2. The van der Waals surface area contributed by atoms with Gasteiger partial charge in [0.1, 0.15) is 17.4 Å². The van der Waals surface area contributed by atoms with Crippen LogP contribution in [-0.4, -0.2) is 73.5 Å².